The Labute approximate surface area is 114 Å². The van der Waals surface area contributed by atoms with Gasteiger partial charge < -0.3 is 15.6 Å². The molecule has 1 aromatic carbocycles. The minimum Gasteiger partial charge on any atom is -0.492 e. The lowest BCUT2D eigenvalue weighted by atomic mass is 10.0. The van der Waals surface area contributed by atoms with E-state index in [1.165, 1.54) is 6.42 Å². The highest BCUT2D eigenvalue weighted by molar-refractivity contribution is 5.96. The van der Waals surface area contributed by atoms with E-state index in [0.29, 0.717) is 18.3 Å². The first-order chi connectivity index (χ1) is 9.10. The fraction of sp³-hybridized carbons (Fsp3) is 0.533. The molecule has 0 heterocycles. The molecule has 1 atom stereocenters. The molecule has 19 heavy (non-hydrogen) atoms. The number of anilines is 1. The van der Waals surface area contributed by atoms with Crippen LogP contribution in [-0.2, 0) is 0 Å². The van der Waals surface area contributed by atoms with Gasteiger partial charge in [-0.25, -0.2) is 4.79 Å². The predicted octanol–water partition coefficient (Wildman–Crippen LogP) is 3.56. The van der Waals surface area contributed by atoms with Crippen LogP contribution in [0.1, 0.15) is 49.9 Å². The number of unbranched alkanes of at least 4 members (excludes halogenated alkanes) is 1. The van der Waals surface area contributed by atoms with Crippen molar-refractivity contribution in [3.05, 3.63) is 23.8 Å². The maximum absolute atomic E-state index is 11.2. The molecule has 4 nitrogen and oxygen atoms in total. The minimum atomic E-state index is -1.05. The monoisotopic (exact) mass is 265 g/mol. The SMILES string of the molecule is CCCCC(CC)COc1cccc(N)c1C(=O)O. The van der Waals surface area contributed by atoms with E-state index < -0.39 is 5.97 Å². The van der Waals surface area contributed by atoms with Crippen molar-refractivity contribution in [3.63, 3.8) is 0 Å². The molecule has 1 aromatic rings. The third-order valence-corrected chi connectivity index (χ3v) is 3.29. The molecular formula is C15H23NO3. The number of hydrogen-bond donors (Lipinski definition) is 2. The van der Waals surface area contributed by atoms with Crippen LogP contribution < -0.4 is 10.5 Å². The van der Waals surface area contributed by atoms with Crippen molar-refractivity contribution in [1.82, 2.24) is 0 Å². The van der Waals surface area contributed by atoms with Crippen molar-refractivity contribution in [3.8, 4) is 5.75 Å². The summed E-state index contributed by atoms with van der Waals surface area (Å²) in [5.41, 5.74) is 5.99. The molecule has 0 radical (unpaired) electrons. The zero-order valence-electron chi connectivity index (χ0n) is 11.7. The zero-order valence-corrected chi connectivity index (χ0v) is 11.7. The van der Waals surface area contributed by atoms with Crippen LogP contribution in [0.4, 0.5) is 5.69 Å². The third-order valence-electron chi connectivity index (χ3n) is 3.29. The first-order valence-corrected chi connectivity index (χ1v) is 6.84. The molecule has 1 unspecified atom stereocenters. The normalized spacial score (nSPS) is 12.1. The summed E-state index contributed by atoms with van der Waals surface area (Å²) in [4.78, 5) is 11.2. The van der Waals surface area contributed by atoms with Crippen molar-refractivity contribution >= 4 is 11.7 Å². The van der Waals surface area contributed by atoms with Gasteiger partial charge in [0, 0.05) is 5.69 Å². The molecule has 0 aromatic heterocycles. The number of aromatic carboxylic acids is 1. The smallest absolute Gasteiger partial charge is 0.341 e. The van der Waals surface area contributed by atoms with Gasteiger partial charge in [-0.3, -0.25) is 0 Å². The Balaban J connectivity index is 2.71. The number of nitrogens with two attached hydrogens (primary N) is 1. The van der Waals surface area contributed by atoms with Crippen LogP contribution in [-0.4, -0.2) is 17.7 Å². The molecule has 0 saturated carbocycles. The van der Waals surface area contributed by atoms with Crippen LogP contribution in [0.2, 0.25) is 0 Å². The molecule has 3 N–H and O–H groups in total. The van der Waals surface area contributed by atoms with Gasteiger partial charge in [-0.2, -0.15) is 0 Å². The number of rotatable bonds is 8. The number of benzene rings is 1. The predicted molar refractivity (Wildman–Crippen MR) is 76.6 cm³/mol. The summed E-state index contributed by atoms with van der Waals surface area (Å²) in [5.74, 6) is -0.222. The standard InChI is InChI=1S/C15H23NO3/c1-3-5-7-11(4-2)10-19-13-9-6-8-12(16)14(13)15(17)18/h6,8-9,11H,3-5,7,10,16H2,1-2H3,(H,17,18). The van der Waals surface area contributed by atoms with E-state index in [1.54, 1.807) is 18.2 Å². The topological polar surface area (TPSA) is 72.5 Å². The Hall–Kier alpha value is -1.71. The number of carboxylic acid groups (broad SMARTS) is 1. The van der Waals surface area contributed by atoms with E-state index in [2.05, 4.69) is 13.8 Å². The van der Waals surface area contributed by atoms with Gasteiger partial charge in [0.15, 0.2) is 0 Å². The average molecular weight is 265 g/mol. The second kappa shape index (κ2) is 7.67. The van der Waals surface area contributed by atoms with Gasteiger partial charge in [0.1, 0.15) is 11.3 Å². The van der Waals surface area contributed by atoms with Gasteiger partial charge in [0.05, 0.1) is 6.61 Å². The fourth-order valence-corrected chi connectivity index (χ4v) is 2.00. The largest absolute Gasteiger partial charge is 0.492 e. The first kappa shape index (κ1) is 15.3. The number of carboxylic acids is 1. The Bertz CT molecular complexity index is 418. The van der Waals surface area contributed by atoms with Gasteiger partial charge in [-0.1, -0.05) is 39.2 Å². The van der Waals surface area contributed by atoms with E-state index in [0.717, 1.165) is 19.3 Å². The maximum atomic E-state index is 11.2. The van der Waals surface area contributed by atoms with Crippen LogP contribution in [0.25, 0.3) is 0 Å². The highest BCUT2D eigenvalue weighted by Gasteiger charge is 2.16. The number of hydrogen-bond acceptors (Lipinski definition) is 3. The van der Waals surface area contributed by atoms with Crippen molar-refractivity contribution in [2.75, 3.05) is 12.3 Å². The Morgan fingerprint density at radius 2 is 2.16 bits per heavy atom. The highest BCUT2D eigenvalue weighted by atomic mass is 16.5. The number of nitrogen functional groups attached to an aromatic ring is 1. The summed E-state index contributed by atoms with van der Waals surface area (Å²) in [5, 5.41) is 9.15. The molecule has 0 saturated heterocycles. The number of carbonyl (C=O) groups is 1. The minimum absolute atomic E-state index is 0.0628. The first-order valence-electron chi connectivity index (χ1n) is 6.84. The quantitative estimate of drug-likeness (QED) is 0.705. The molecule has 0 fully saturated rings. The summed E-state index contributed by atoms with van der Waals surface area (Å²) in [6, 6.07) is 4.95. The van der Waals surface area contributed by atoms with E-state index in [-0.39, 0.29) is 11.3 Å². The van der Waals surface area contributed by atoms with Crippen molar-refractivity contribution in [2.45, 2.75) is 39.5 Å². The Morgan fingerprint density at radius 3 is 2.74 bits per heavy atom. The van der Waals surface area contributed by atoms with Crippen LogP contribution in [0.5, 0.6) is 5.75 Å². The van der Waals surface area contributed by atoms with Gasteiger partial charge in [-0.05, 0) is 24.5 Å². The molecule has 0 aliphatic carbocycles. The van der Waals surface area contributed by atoms with Crippen molar-refractivity contribution in [1.29, 1.82) is 0 Å². The van der Waals surface area contributed by atoms with Crippen molar-refractivity contribution < 1.29 is 14.6 Å². The average Bonchev–Trinajstić information content (AvgIpc) is 2.38. The van der Waals surface area contributed by atoms with Crippen LogP contribution in [0.15, 0.2) is 18.2 Å². The third kappa shape index (κ3) is 4.47. The van der Waals surface area contributed by atoms with Crippen LogP contribution >= 0.6 is 0 Å². The van der Waals surface area contributed by atoms with Gasteiger partial charge in [0.25, 0.3) is 0 Å². The molecule has 0 spiro atoms. The summed E-state index contributed by atoms with van der Waals surface area (Å²) in [6.07, 6.45) is 4.47. The lowest BCUT2D eigenvalue weighted by Crippen LogP contribution is -2.14. The van der Waals surface area contributed by atoms with E-state index in [1.807, 2.05) is 0 Å². The van der Waals surface area contributed by atoms with E-state index in [4.69, 9.17) is 15.6 Å². The molecule has 0 aliphatic heterocycles. The highest BCUT2D eigenvalue weighted by Crippen LogP contribution is 2.25. The number of ether oxygens (including phenoxy) is 1. The Morgan fingerprint density at radius 1 is 1.42 bits per heavy atom. The van der Waals surface area contributed by atoms with Gasteiger partial charge in [0.2, 0.25) is 0 Å². The second-order valence-corrected chi connectivity index (χ2v) is 4.75. The van der Waals surface area contributed by atoms with E-state index in [9.17, 15) is 4.79 Å². The molecule has 4 heteroatoms. The molecule has 1 rings (SSSR count). The van der Waals surface area contributed by atoms with Crippen LogP contribution in [0, 0.1) is 5.92 Å². The van der Waals surface area contributed by atoms with E-state index >= 15 is 0 Å². The summed E-state index contributed by atoms with van der Waals surface area (Å²) in [7, 11) is 0. The summed E-state index contributed by atoms with van der Waals surface area (Å²) < 4.78 is 5.67. The maximum Gasteiger partial charge on any atom is 0.341 e. The second-order valence-electron chi connectivity index (χ2n) is 4.75. The lowest BCUT2D eigenvalue weighted by Gasteiger charge is -2.17. The fourth-order valence-electron chi connectivity index (χ4n) is 2.00. The Kier molecular flexibility index (Phi) is 6.19. The van der Waals surface area contributed by atoms with Crippen LogP contribution in [0.3, 0.4) is 0 Å². The summed E-state index contributed by atoms with van der Waals surface area (Å²) in [6.45, 7) is 4.83. The molecule has 0 bridgehead atoms. The summed E-state index contributed by atoms with van der Waals surface area (Å²) >= 11 is 0. The molecule has 0 aliphatic rings. The van der Waals surface area contributed by atoms with Gasteiger partial charge >= 0.3 is 5.97 Å². The molecule has 106 valence electrons. The van der Waals surface area contributed by atoms with Gasteiger partial charge in [-0.15, -0.1) is 0 Å². The molecule has 0 amide bonds. The van der Waals surface area contributed by atoms with Crippen molar-refractivity contribution in [2.24, 2.45) is 5.92 Å². The lowest BCUT2D eigenvalue weighted by molar-refractivity contribution is 0.0692. The molecular weight excluding hydrogens is 242 g/mol. The zero-order chi connectivity index (χ0) is 14.3.